The largest absolute Gasteiger partial charge is 0.497 e. The van der Waals surface area contributed by atoms with E-state index in [1.165, 1.54) is 28.2 Å². The third-order valence-corrected chi connectivity index (χ3v) is 5.67. The zero-order chi connectivity index (χ0) is 20.3. The number of hydrogen-bond acceptors (Lipinski definition) is 8. The van der Waals surface area contributed by atoms with Gasteiger partial charge in [-0.3, -0.25) is 19.9 Å². The smallest absolute Gasteiger partial charge is 0.269 e. The van der Waals surface area contributed by atoms with E-state index in [1.807, 2.05) is 18.2 Å². The molecular weight excluding hydrogens is 394 g/mol. The topological polar surface area (TPSA) is 137 Å². The molecule has 0 unspecified atom stereocenters. The summed E-state index contributed by atoms with van der Waals surface area (Å²) in [7, 11) is 1.60. The van der Waals surface area contributed by atoms with Crippen LogP contribution in [0, 0.1) is 15.5 Å². The van der Waals surface area contributed by atoms with Crippen molar-refractivity contribution in [1.29, 1.82) is 5.41 Å². The second-order valence-electron chi connectivity index (χ2n) is 6.28. The Morgan fingerprint density at radius 3 is 2.69 bits per heavy atom. The predicted molar refractivity (Wildman–Crippen MR) is 109 cm³/mol. The molecule has 0 saturated heterocycles. The Bertz CT molecular complexity index is 1500. The molecule has 3 N–H and O–H groups in total. The summed E-state index contributed by atoms with van der Waals surface area (Å²) in [5.41, 5.74) is 8.16. The first-order valence-electron chi connectivity index (χ1n) is 8.45. The van der Waals surface area contributed by atoms with Crippen molar-refractivity contribution in [3.05, 3.63) is 58.1 Å². The van der Waals surface area contributed by atoms with Crippen molar-refractivity contribution in [3.63, 3.8) is 0 Å². The van der Waals surface area contributed by atoms with E-state index >= 15 is 0 Å². The van der Waals surface area contributed by atoms with Crippen molar-refractivity contribution in [1.82, 2.24) is 19.2 Å². The van der Waals surface area contributed by atoms with Crippen LogP contribution in [0.4, 0.5) is 11.5 Å². The van der Waals surface area contributed by atoms with E-state index in [0.29, 0.717) is 21.7 Å². The number of non-ortho nitro benzene ring substituents is 1. The Kier molecular flexibility index (Phi) is 3.55. The van der Waals surface area contributed by atoms with E-state index in [4.69, 9.17) is 15.9 Å². The van der Waals surface area contributed by atoms with Gasteiger partial charge in [-0.2, -0.15) is 4.98 Å². The minimum absolute atomic E-state index is 0.0266. The molecule has 5 aromatic rings. The van der Waals surface area contributed by atoms with Crippen LogP contribution in [0.5, 0.6) is 5.75 Å². The molecule has 3 aromatic heterocycles. The molecule has 0 fully saturated rings. The van der Waals surface area contributed by atoms with E-state index in [-0.39, 0.29) is 17.0 Å². The molecule has 0 spiro atoms. The fourth-order valence-electron chi connectivity index (χ4n) is 3.26. The van der Waals surface area contributed by atoms with Gasteiger partial charge in [0, 0.05) is 12.1 Å². The highest BCUT2D eigenvalue weighted by Gasteiger charge is 2.18. The van der Waals surface area contributed by atoms with E-state index in [2.05, 4.69) is 10.1 Å². The quantitative estimate of drug-likeness (QED) is 0.348. The van der Waals surface area contributed by atoms with Gasteiger partial charge in [0.2, 0.25) is 0 Å². The van der Waals surface area contributed by atoms with Crippen molar-refractivity contribution < 1.29 is 9.66 Å². The van der Waals surface area contributed by atoms with E-state index in [1.54, 1.807) is 23.6 Å². The highest BCUT2D eigenvalue weighted by Crippen LogP contribution is 2.30. The Morgan fingerprint density at radius 1 is 1.24 bits per heavy atom. The number of fused-ring (bicyclic) bond motifs is 4. The maximum absolute atomic E-state index is 10.9. The molecule has 0 aliphatic heterocycles. The lowest BCUT2D eigenvalue weighted by Crippen LogP contribution is -2.14. The van der Waals surface area contributed by atoms with Crippen molar-refractivity contribution in [3.8, 4) is 11.4 Å². The van der Waals surface area contributed by atoms with Gasteiger partial charge in [0.05, 0.1) is 27.9 Å². The molecule has 5 rings (SSSR count). The van der Waals surface area contributed by atoms with Gasteiger partial charge < -0.3 is 10.5 Å². The Hall–Kier alpha value is -3.99. The molecule has 10 nitrogen and oxygen atoms in total. The molecule has 0 aliphatic rings. The van der Waals surface area contributed by atoms with E-state index in [0.717, 1.165) is 16.0 Å². The zero-order valence-corrected chi connectivity index (χ0v) is 15.8. The van der Waals surface area contributed by atoms with Crippen LogP contribution in [0.25, 0.3) is 31.9 Å². The minimum Gasteiger partial charge on any atom is -0.497 e. The lowest BCUT2D eigenvalue weighted by Gasteiger charge is -2.03. The number of anilines is 1. The van der Waals surface area contributed by atoms with Crippen LogP contribution in [0.3, 0.4) is 0 Å². The molecule has 0 bridgehead atoms. The Morgan fingerprint density at radius 2 is 2.00 bits per heavy atom. The monoisotopic (exact) mass is 407 g/mol. The van der Waals surface area contributed by atoms with Gasteiger partial charge in [0.25, 0.3) is 5.69 Å². The van der Waals surface area contributed by atoms with Gasteiger partial charge in [-0.1, -0.05) is 11.3 Å². The first-order chi connectivity index (χ1) is 14.0. The predicted octanol–water partition coefficient (Wildman–Crippen LogP) is 2.87. The van der Waals surface area contributed by atoms with Crippen molar-refractivity contribution >= 4 is 49.1 Å². The molecular formula is C18H13N7O3S. The first-order valence-corrected chi connectivity index (χ1v) is 9.26. The maximum atomic E-state index is 10.9. The summed E-state index contributed by atoms with van der Waals surface area (Å²) >= 11 is 1.42. The lowest BCUT2D eigenvalue weighted by atomic mass is 10.3. The number of ether oxygens (including phenoxy) is 1. The van der Waals surface area contributed by atoms with Crippen molar-refractivity contribution in [2.45, 2.75) is 0 Å². The molecule has 0 radical (unpaired) electrons. The number of aromatic nitrogens is 4. The van der Waals surface area contributed by atoms with Crippen LogP contribution in [0.2, 0.25) is 0 Å². The summed E-state index contributed by atoms with van der Waals surface area (Å²) in [6, 6.07) is 11.5. The summed E-state index contributed by atoms with van der Waals surface area (Å²) in [4.78, 5) is 15.6. The number of nitrogens with two attached hydrogens (primary N) is 1. The fraction of sp³-hybridized carbons (Fsp3) is 0.0556. The molecule has 0 aliphatic carbocycles. The van der Waals surface area contributed by atoms with E-state index < -0.39 is 4.92 Å². The number of nitrogens with one attached hydrogen (secondary N) is 1. The number of benzene rings is 2. The fourth-order valence-corrected chi connectivity index (χ4v) is 4.31. The van der Waals surface area contributed by atoms with E-state index in [9.17, 15) is 10.1 Å². The molecule has 144 valence electrons. The summed E-state index contributed by atoms with van der Waals surface area (Å²) < 4.78 is 9.36. The average molecular weight is 407 g/mol. The normalized spacial score (nSPS) is 11.5. The molecule has 2 aromatic carbocycles. The highest BCUT2D eigenvalue weighted by atomic mass is 32.1. The van der Waals surface area contributed by atoms with Gasteiger partial charge in [0.15, 0.2) is 10.6 Å². The third-order valence-electron chi connectivity index (χ3n) is 4.67. The van der Waals surface area contributed by atoms with Gasteiger partial charge >= 0.3 is 0 Å². The summed E-state index contributed by atoms with van der Waals surface area (Å²) in [5, 5.41) is 24.4. The molecule has 0 amide bonds. The number of nitrogen functional groups attached to an aromatic ring is 1. The van der Waals surface area contributed by atoms with Crippen LogP contribution in [0.1, 0.15) is 0 Å². The zero-order valence-electron chi connectivity index (χ0n) is 15.0. The maximum Gasteiger partial charge on any atom is 0.269 e. The molecule has 0 saturated carbocycles. The molecule has 29 heavy (non-hydrogen) atoms. The highest BCUT2D eigenvalue weighted by molar-refractivity contribution is 7.23. The number of thiazole rings is 1. The number of nitro benzene ring substituents is 1. The summed E-state index contributed by atoms with van der Waals surface area (Å²) in [6.07, 6.45) is 0. The summed E-state index contributed by atoms with van der Waals surface area (Å²) in [6.45, 7) is 0. The lowest BCUT2D eigenvalue weighted by molar-refractivity contribution is -0.384. The van der Waals surface area contributed by atoms with Crippen molar-refractivity contribution in [2.24, 2.45) is 0 Å². The number of methoxy groups -OCH3 is 1. The number of rotatable bonds is 3. The van der Waals surface area contributed by atoms with Crippen LogP contribution >= 0.6 is 11.3 Å². The number of nitrogens with zero attached hydrogens (tertiary/aromatic N) is 5. The standard InChI is InChI=1S/C18H13N7O3S/c1-28-11-6-7-12-13(8-11)29-18-21-17-14(15(19)23(12)18)16(20)24(22-17)9-2-4-10(5-3-9)25(26)27/h2-8,19H,20H2,1H3. The van der Waals surface area contributed by atoms with Crippen molar-refractivity contribution in [2.75, 3.05) is 12.8 Å². The molecule has 11 heteroatoms. The Balaban J connectivity index is 1.77. The molecule has 3 heterocycles. The first kappa shape index (κ1) is 17.1. The minimum atomic E-state index is -0.471. The van der Waals surface area contributed by atoms with Gasteiger partial charge in [-0.25, -0.2) is 4.68 Å². The van der Waals surface area contributed by atoms with Crippen LogP contribution in [-0.2, 0) is 0 Å². The Labute approximate surface area is 166 Å². The summed E-state index contributed by atoms with van der Waals surface area (Å²) in [5.74, 6) is 0.970. The van der Waals surface area contributed by atoms with Gasteiger partial charge in [-0.05, 0) is 30.3 Å². The number of nitro groups is 1. The molecule has 0 atom stereocenters. The average Bonchev–Trinajstić information content (AvgIpc) is 3.25. The van der Waals surface area contributed by atoms with Crippen LogP contribution in [-0.4, -0.2) is 31.2 Å². The SMILES string of the molecule is COc1ccc2c(c1)sc1nc3nn(-c4ccc([N+](=O)[O-])cc4)c(N)c3c(=N)n12. The van der Waals surface area contributed by atoms with Crippen LogP contribution in [0.15, 0.2) is 42.5 Å². The van der Waals surface area contributed by atoms with Crippen LogP contribution < -0.4 is 16.0 Å². The second kappa shape index (κ2) is 6.01. The van der Waals surface area contributed by atoms with Gasteiger partial charge in [-0.15, -0.1) is 5.10 Å². The van der Waals surface area contributed by atoms with Gasteiger partial charge in [0.1, 0.15) is 22.4 Å². The second-order valence-corrected chi connectivity index (χ2v) is 7.29. The third kappa shape index (κ3) is 2.44. The number of hydrogen-bond donors (Lipinski definition) is 2.